The highest BCUT2D eigenvalue weighted by atomic mass is 16.6. The van der Waals surface area contributed by atoms with Crippen LogP contribution in [0.3, 0.4) is 0 Å². The largest absolute Gasteiger partial charge is 0.508 e. The summed E-state index contributed by atoms with van der Waals surface area (Å²) in [7, 11) is 0. The van der Waals surface area contributed by atoms with E-state index in [0.717, 1.165) is 12.0 Å². The first-order valence-electron chi connectivity index (χ1n) is 7.30. The molecule has 1 fully saturated rings. The molecule has 2 rings (SSSR count). The van der Waals surface area contributed by atoms with Crippen LogP contribution in [-0.2, 0) is 4.74 Å². The predicted octanol–water partition coefficient (Wildman–Crippen LogP) is 2.65. The van der Waals surface area contributed by atoms with Crippen molar-refractivity contribution in [2.45, 2.75) is 38.8 Å². The fraction of sp³-hybridized carbons (Fsp3) is 0.562. The number of rotatable bonds is 2. The highest BCUT2D eigenvalue weighted by Gasteiger charge is 2.39. The number of ether oxygens (including phenoxy) is 1. The molecule has 1 amide bonds. The van der Waals surface area contributed by atoms with Crippen LogP contribution in [0.15, 0.2) is 24.3 Å². The highest BCUT2D eigenvalue weighted by Crippen LogP contribution is 2.38. The van der Waals surface area contributed by atoms with E-state index in [1.165, 1.54) is 0 Å². The Labute approximate surface area is 125 Å². The Morgan fingerprint density at radius 1 is 1.48 bits per heavy atom. The molecule has 2 unspecified atom stereocenters. The molecule has 0 spiro atoms. The summed E-state index contributed by atoms with van der Waals surface area (Å²) in [6.45, 7) is 6.68. The Morgan fingerprint density at radius 3 is 2.76 bits per heavy atom. The van der Waals surface area contributed by atoms with Crippen molar-refractivity contribution in [3.63, 3.8) is 0 Å². The Hall–Kier alpha value is -1.75. The molecule has 0 bridgehead atoms. The molecule has 116 valence electrons. The Morgan fingerprint density at radius 2 is 2.19 bits per heavy atom. The van der Waals surface area contributed by atoms with Crippen LogP contribution in [0.5, 0.6) is 5.75 Å². The van der Waals surface area contributed by atoms with Gasteiger partial charge in [0.05, 0.1) is 6.04 Å². The molecular weight excluding hydrogens is 268 g/mol. The maximum Gasteiger partial charge on any atom is 0.410 e. The number of phenolic OH excluding ortho intramolecular Hbond substituents is 1. The van der Waals surface area contributed by atoms with Crippen LogP contribution in [0.1, 0.15) is 38.8 Å². The predicted molar refractivity (Wildman–Crippen MR) is 80.9 cm³/mol. The number of carbonyl (C=O) groups excluding carboxylic acids is 1. The normalized spacial score (nSPS) is 22.4. The molecular formula is C16H24N2O3. The molecule has 5 nitrogen and oxygen atoms in total. The minimum Gasteiger partial charge on any atom is -0.508 e. The monoisotopic (exact) mass is 292 g/mol. The zero-order valence-corrected chi connectivity index (χ0v) is 12.9. The molecule has 2 atom stereocenters. The van der Waals surface area contributed by atoms with E-state index in [0.29, 0.717) is 13.1 Å². The Kier molecular flexibility index (Phi) is 4.42. The van der Waals surface area contributed by atoms with E-state index in [-0.39, 0.29) is 23.8 Å². The summed E-state index contributed by atoms with van der Waals surface area (Å²) in [6, 6.07) is 6.86. The van der Waals surface area contributed by atoms with Gasteiger partial charge in [0.25, 0.3) is 0 Å². The topological polar surface area (TPSA) is 75.8 Å². The van der Waals surface area contributed by atoms with Crippen molar-refractivity contribution in [2.75, 3.05) is 13.1 Å². The lowest BCUT2D eigenvalue weighted by atomic mass is 9.94. The average Bonchev–Trinajstić information content (AvgIpc) is 2.80. The zero-order valence-electron chi connectivity index (χ0n) is 12.9. The number of nitrogens with two attached hydrogens (primary N) is 1. The number of benzene rings is 1. The number of nitrogens with zero attached hydrogens (tertiary/aromatic N) is 1. The summed E-state index contributed by atoms with van der Waals surface area (Å²) in [5.74, 6) is 0.374. The first-order chi connectivity index (χ1) is 9.81. The number of hydrogen-bond acceptors (Lipinski definition) is 4. The number of likely N-dealkylation sites (tertiary alicyclic amines) is 1. The minimum absolute atomic E-state index is 0.142. The molecule has 1 aromatic rings. The third-order valence-corrected chi connectivity index (χ3v) is 3.67. The fourth-order valence-electron chi connectivity index (χ4n) is 2.79. The number of hydrogen-bond donors (Lipinski definition) is 2. The number of amides is 1. The van der Waals surface area contributed by atoms with Crippen LogP contribution in [0.25, 0.3) is 0 Å². The first-order valence-corrected chi connectivity index (χ1v) is 7.30. The van der Waals surface area contributed by atoms with Crippen molar-refractivity contribution >= 4 is 6.09 Å². The summed E-state index contributed by atoms with van der Waals surface area (Å²) >= 11 is 0. The summed E-state index contributed by atoms with van der Waals surface area (Å²) < 4.78 is 5.48. The van der Waals surface area contributed by atoms with Gasteiger partial charge in [0.15, 0.2) is 0 Å². The molecule has 0 radical (unpaired) electrons. The average molecular weight is 292 g/mol. The van der Waals surface area contributed by atoms with E-state index >= 15 is 0 Å². The van der Waals surface area contributed by atoms with Crippen molar-refractivity contribution in [3.05, 3.63) is 29.8 Å². The minimum atomic E-state index is -0.527. The molecule has 5 heteroatoms. The van der Waals surface area contributed by atoms with Crippen LogP contribution < -0.4 is 5.73 Å². The van der Waals surface area contributed by atoms with Gasteiger partial charge in [0, 0.05) is 6.54 Å². The lowest BCUT2D eigenvalue weighted by Gasteiger charge is -2.30. The number of carbonyl (C=O) groups is 1. The van der Waals surface area contributed by atoms with E-state index in [4.69, 9.17) is 10.5 Å². The third kappa shape index (κ3) is 3.67. The molecule has 1 aromatic carbocycles. The second kappa shape index (κ2) is 5.93. The standard InChI is InChI=1S/C16H24N2O3/c1-16(2,3)21-15(20)18-8-7-12(10-17)14(18)11-5-4-6-13(19)9-11/h4-6,9,12,14,19H,7-8,10,17H2,1-3H3. The van der Waals surface area contributed by atoms with Gasteiger partial charge >= 0.3 is 6.09 Å². The molecule has 0 aromatic heterocycles. The highest BCUT2D eigenvalue weighted by molar-refractivity contribution is 5.69. The molecule has 1 saturated heterocycles. The van der Waals surface area contributed by atoms with Gasteiger partial charge in [0.1, 0.15) is 11.4 Å². The summed E-state index contributed by atoms with van der Waals surface area (Å²) in [5.41, 5.74) is 6.22. The van der Waals surface area contributed by atoms with Gasteiger partial charge in [-0.2, -0.15) is 0 Å². The van der Waals surface area contributed by atoms with Crippen molar-refractivity contribution in [1.29, 1.82) is 0 Å². The van der Waals surface area contributed by atoms with Crippen molar-refractivity contribution in [3.8, 4) is 5.75 Å². The van der Waals surface area contributed by atoms with Gasteiger partial charge in [-0.25, -0.2) is 4.79 Å². The van der Waals surface area contributed by atoms with Crippen molar-refractivity contribution < 1.29 is 14.6 Å². The second-order valence-corrected chi connectivity index (χ2v) is 6.50. The summed E-state index contributed by atoms with van der Waals surface area (Å²) in [6.07, 6.45) is 0.516. The fourth-order valence-corrected chi connectivity index (χ4v) is 2.79. The first kappa shape index (κ1) is 15.6. The van der Waals surface area contributed by atoms with Gasteiger partial charge in [0.2, 0.25) is 0 Å². The van der Waals surface area contributed by atoms with Gasteiger partial charge in [-0.1, -0.05) is 12.1 Å². The molecule has 0 saturated carbocycles. The molecule has 21 heavy (non-hydrogen) atoms. The van der Waals surface area contributed by atoms with Crippen LogP contribution in [0, 0.1) is 5.92 Å². The zero-order chi connectivity index (χ0) is 15.6. The molecule has 1 aliphatic heterocycles. The summed E-state index contributed by atoms with van der Waals surface area (Å²) in [5, 5.41) is 9.68. The molecule has 1 aliphatic rings. The number of aromatic hydroxyl groups is 1. The van der Waals surface area contributed by atoms with Crippen LogP contribution >= 0.6 is 0 Å². The molecule has 0 aliphatic carbocycles. The SMILES string of the molecule is CC(C)(C)OC(=O)N1CCC(CN)C1c1cccc(O)c1. The van der Waals surface area contributed by atoms with Crippen LogP contribution in [0.4, 0.5) is 4.79 Å². The number of phenols is 1. The van der Waals surface area contributed by atoms with Crippen LogP contribution in [-0.4, -0.2) is 34.8 Å². The Bertz CT molecular complexity index is 510. The van der Waals surface area contributed by atoms with E-state index in [9.17, 15) is 9.90 Å². The van der Waals surface area contributed by atoms with E-state index in [2.05, 4.69) is 0 Å². The van der Waals surface area contributed by atoms with Gasteiger partial charge < -0.3 is 20.5 Å². The molecule has 3 N–H and O–H groups in total. The maximum absolute atomic E-state index is 12.4. The van der Waals surface area contributed by atoms with E-state index in [1.54, 1.807) is 23.1 Å². The smallest absolute Gasteiger partial charge is 0.410 e. The maximum atomic E-state index is 12.4. The quantitative estimate of drug-likeness (QED) is 0.878. The van der Waals surface area contributed by atoms with E-state index < -0.39 is 5.60 Å². The second-order valence-electron chi connectivity index (χ2n) is 6.50. The Balaban J connectivity index is 2.26. The van der Waals surface area contributed by atoms with E-state index in [1.807, 2.05) is 26.8 Å². The summed E-state index contributed by atoms with van der Waals surface area (Å²) in [4.78, 5) is 14.1. The van der Waals surface area contributed by atoms with Gasteiger partial charge in [-0.3, -0.25) is 0 Å². The van der Waals surface area contributed by atoms with Crippen molar-refractivity contribution in [2.24, 2.45) is 11.7 Å². The van der Waals surface area contributed by atoms with Crippen LogP contribution in [0.2, 0.25) is 0 Å². The lowest BCUT2D eigenvalue weighted by molar-refractivity contribution is 0.0206. The van der Waals surface area contributed by atoms with Gasteiger partial charge in [-0.05, 0) is 57.4 Å². The van der Waals surface area contributed by atoms with Crippen molar-refractivity contribution in [1.82, 2.24) is 4.90 Å². The van der Waals surface area contributed by atoms with Gasteiger partial charge in [-0.15, -0.1) is 0 Å². The lowest BCUT2D eigenvalue weighted by Crippen LogP contribution is -2.38. The molecule has 1 heterocycles. The third-order valence-electron chi connectivity index (χ3n) is 3.67.